The summed E-state index contributed by atoms with van der Waals surface area (Å²) in [5.41, 5.74) is 0.910. The molecular weight excluding hydrogens is 382 g/mol. The molecule has 0 aliphatic heterocycles. The van der Waals surface area contributed by atoms with Crippen LogP contribution in [0.1, 0.15) is 5.82 Å². The van der Waals surface area contributed by atoms with E-state index in [0.29, 0.717) is 29.8 Å². The van der Waals surface area contributed by atoms with Crippen LogP contribution in [-0.4, -0.2) is 42.9 Å². The van der Waals surface area contributed by atoms with Crippen LogP contribution in [0.5, 0.6) is 16.7 Å². The molecule has 2 aromatic heterocycles. The van der Waals surface area contributed by atoms with Crippen LogP contribution in [-0.2, 0) is 17.8 Å². The first-order chi connectivity index (χ1) is 13.7. The molecule has 0 spiro atoms. The fraction of sp³-hybridized carbons (Fsp3) is 0.167. The number of benzene rings is 2. The average Bonchev–Trinajstić information content (AvgIpc) is 3.29. The summed E-state index contributed by atoms with van der Waals surface area (Å²) < 4.78 is 13.9. The number of carbonyl (C=O) groups is 1. The molecule has 0 radical (unpaired) electrons. The molecule has 10 heteroatoms. The summed E-state index contributed by atoms with van der Waals surface area (Å²) >= 11 is 1.49. The Morgan fingerprint density at radius 3 is 2.68 bits per heavy atom. The summed E-state index contributed by atoms with van der Waals surface area (Å²) in [6.45, 7) is 0.648. The quantitative estimate of drug-likeness (QED) is 0.483. The Morgan fingerprint density at radius 2 is 1.89 bits per heavy atom. The fourth-order valence-electron chi connectivity index (χ4n) is 2.51. The van der Waals surface area contributed by atoms with Gasteiger partial charge < -0.3 is 14.6 Å². The summed E-state index contributed by atoms with van der Waals surface area (Å²) in [5, 5.41) is 20.4. The highest BCUT2D eigenvalue weighted by atomic mass is 32.1. The zero-order valence-electron chi connectivity index (χ0n) is 14.6. The molecule has 0 aliphatic carbocycles. The standard InChI is InChI=1S/C18H15N5O4S/c24-17(25)11-16-20-21-22-23(16)9-10-26-12-5-7-13(8-6-12)27-18-19-14-3-1-2-4-15(14)28-18/h1-8H,9-11H2,(H,24,25). The van der Waals surface area contributed by atoms with E-state index in [1.165, 1.54) is 16.0 Å². The molecule has 0 unspecified atom stereocenters. The molecule has 1 N–H and O–H groups in total. The number of aromatic nitrogens is 5. The molecule has 2 aromatic carbocycles. The highest BCUT2D eigenvalue weighted by Crippen LogP contribution is 2.31. The average molecular weight is 397 g/mol. The Bertz CT molecular complexity index is 1060. The number of para-hydroxylation sites is 1. The number of rotatable bonds is 8. The van der Waals surface area contributed by atoms with Crippen molar-refractivity contribution in [2.75, 3.05) is 6.61 Å². The number of fused-ring (bicyclic) bond motifs is 1. The third kappa shape index (κ3) is 4.23. The van der Waals surface area contributed by atoms with Crippen LogP contribution in [0, 0.1) is 0 Å². The Kier molecular flexibility index (Phi) is 5.11. The van der Waals surface area contributed by atoms with Crippen LogP contribution >= 0.6 is 11.3 Å². The van der Waals surface area contributed by atoms with Crippen molar-refractivity contribution in [3.8, 4) is 16.7 Å². The molecule has 0 saturated carbocycles. The Hall–Kier alpha value is -3.53. The number of carboxylic acid groups (broad SMARTS) is 1. The van der Waals surface area contributed by atoms with Crippen LogP contribution in [0.3, 0.4) is 0 Å². The molecule has 28 heavy (non-hydrogen) atoms. The second kappa shape index (κ2) is 8.01. The number of carboxylic acids is 1. The summed E-state index contributed by atoms with van der Waals surface area (Å²) in [4.78, 5) is 15.2. The summed E-state index contributed by atoms with van der Waals surface area (Å²) in [5.74, 6) is 0.622. The van der Waals surface area contributed by atoms with Crippen molar-refractivity contribution in [2.24, 2.45) is 0 Å². The van der Waals surface area contributed by atoms with E-state index in [9.17, 15) is 4.79 Å². The number of tetrazole rings is 1. The monoisotopic (exact) mass is 397 g/mol. The van der Waals surface area contributed by atoms with Gasteiger partial charge in [0.15, 0.2) is 5.82 Å². The van der Waals surface area contributed by atoms with Crippen molar-refractivity contribution in [1.82, 2.24) is 25.2 Å². The van der Waals surface area contributed by atoms with E-state index in [1.807, 2.05) is 24.3 Å². The maximum absolute atomic E-state index is 10.8. The number of hydrogen-bond acceptors (Lipinski definition) is 8. The highest BCUT2D eigenvalue weighted by molar-refractivity contribution is 7.20. The van der Waals surface area contributed by atoms with Crippen LogP contribution in [0.4, 0.5) is 0 Å². The van der Waals surface area contributed by atoms with E-state index in [0.717, 1.165) is 10.2 Å². The molecule has 0 fully saturated rings. The van der Waals surface area contributed by atoms with Gasteiger partial charge in [0.2, 0.25) is 0 Å². The Morgan fingerprint density at radius 1 is 1.11 bits per heavy atom. The number of aliphatic carboxylic acids is 1. The van der Waals surface area contributed by atoms with Gasteiger partial charge in [0.05, 0.1) is 16.8 Å². The fourth-order valence-corrected chi connectivity index (χ4v) is 3.34. The van der Waals surface area contributed by atoms with E-state index in [4.69, 9.17) is 14.6 Å². The maximum Gasteiger partial charge on any atom is 0.311 e. The topological polar surface area (TPSA) is 112 Å². The summed E-state index contributed by atoms with van der Waals surface area (Å²) in [6, 6.07) is 15.0. The summed E-state index contributed by atoms with van der Waals surface area (Å²) in [6.07, 6.45) is -0.231. The minimum Gasteiger partial charge on any atom is -0.492 e. The van der Waals surface area contributed by atoms with Crippen molar-refractivity contribution in [3.05, 3.63) is 54.4 Å². The second-order valence-electron chi connectivity index (χ2n) is 5.76. The molecule has 0 bridgehead atoms. The lowest BCUT2D eigenvalue weighted by molar-refractivity contribution is -0.136. The number of hydrogen-bond donors (Lipinski definition) is 1. The lowest BCUT2D eigenvalue weighted by atomic mass is 10.3. The zero-order valence-corrected chi connectivity index (χ0v) is 15.4. The third-order valence-electron chi connectivity index (χ3n) is 3.79. The molecule has 4 aromatic rings. The predicted octanol–water partition coefficient (Wildman–Crippen LogP) is 2.78. The molecule has 142 valence electrons. The first kappa shape index (κ1) is 17.9. The van der Waals surface area contributed by atoms with Crippen molar-refractivity contribution < 1.29 is 19.4 Å². The second-order valence-corrected chi connectivity index (χ2v) is 6.75. The minimum atomic E-state index is -0.985. The zero-order chi connectivity index (χ0) is 19.3. The van der Waals surface area contributed by atoms with Gasteiger partial charge in [-0.3, -0.25) is 4.79 Å². The lowest BCUT2D eigenvalue weighted by Gasteiger charge is -2.08. The minimum absolute atomic E-state index is 0.231. The van der Waals surface area contributed by atoms with E-state index >= 15 is 0 Å². The molecule has 2 heterocycles. The van der Waals surface area contributed by atoms with Crippen LogP contribution in [0.2, 0.25) is 0 Å². The molecule has 4 rings (SSSR count). The van der Waals surface area contributed by atoms with Gasteiger partial charge in [-0.25, -0.2) is 9.67 Å². The van der Waals surface area contributed by atoms with Crippen molar-refractivity contribution in [2.45, 2.75) is 13.0 Å². The van der Waals surface area contributed by atoms with Gasteiger partial charge in [0.1, 0.15) is 24.5 Å². The number of thiazole rings is 1. The van der Waals surface area contributed by atoms with Crippen molar-refractivity contribution in [1.29, 1.82) is 0 Å². The predicted molar refractivity (Wildman–Crippen MR) is 101 cm³/mol. The summed E-state index contributed by atoms with van der Waals surface area (Å²) in [7, 11) is 0. The molecule has 0 amide bonds. The smallest absolute Gasteiger partial charge is 0.311 e. The molecule has 0 saturated heterocycles. The van der Waals surface area contributed by atoms with E-state index < -0.39 is 5.97 Å². The van der Waals surface area contributed by atoms with Gasteiger partial charge in [0.25, 0.3) is 5.19 Å². The van der Waals surface area contributed by atoms with Crippen LogP contribution in [0.15, 0.2) is 48.5 Å². The lowest BCUT2D eigenvalue weighted by Crippen LogP contribution is -2.15. The van der Waals surface area contributed by atoms with Gasteiger partial charge in [-0.15, -0.1) is 5.10 Å². The normalized spacial score (nSPS) is 10.9. The first-order valence-corrected chi connectivity index (χ1v) is 9.22. The van der Waals surface area contributed by atoms with Gasteiger partial charge in [0, 0.05) is 0 Å². The van der Waals surface area contributed by atoms with Gasteiger partial charge in [-0.05, 0) is 46.8 Å². The SMILES string of the molecule is O=C(O)Cc1nnnn1CCOc1ccc(Oc2nc3ccccc3s2)cc1. The maximum atomic E-state index is 10.8. The molecule has 9 nitrogen and oxygen atoms in total. The highest BCUT2D eigenvalue weighted by Gasteiger charge is 2.10. The molecule has 0 atom stereocenters. The number of ether oxygens (including phenoxy) is 2. The van der Waals surface area contributed by atoms with Gasteiger partial charge in [-0.1, -0.05) is 23.5 Å². The molecular formula is C18H15N5O4S. The van der Waals surface area contributed by atoms with E-state index in [1.54, 1.807) is 24.3 Å². The van der Waals surface area contributed by atoms with Crippen molar-refractivity contribution >= 4 is 27.5 Å². The largest absolute Gasteiger partial charge is 0.492 e. The number of nitrogens with zero attached hydrogens (tertiary/aromatic N) is 5. The van der Waals surface area contributed by atoms with Crippen molar-refractivity contribution in [3.63, 3.8) is 0 Å². The Labute approximate surface area is 163 Å². The molecule has 0 aliphatic rings. The van der Waals surface area contributed by atoms with E-state index in [-0.39, 0.29) is 12.2 Å². The van der Waals surface area contributed by atoms with Gasteiger partial charge >= 0.3 is 5.97 Å². The van der Waals surface area contributed by atoms with E-state index in [2.05, 4.69) is 20.5 Å². The van der Waals surface area contributed by atoms with Crippen LogP contribution < -0.4 is 9.47 Å². The first-order valence-electron chi connectivity index (χ1n) is 8.40. The Balaban J connectivity index is 1.32. The van der Waals surface area contributed by atoms with Crippen LogP contribution in [0.25, 0.3) is 10.2 Å². The third-order valence-corrected chi connectivity index (χ3v) is 4.70. The van der Waals surface area contributed by atoms with Gasteiger partial charge in [-0.2, -0.15) is 0 Å².